The number of hydrogen-bond acceptors (Lipinski definition) is 6. The summed E-state index contributed by atoms with van der Waals surface area (Å²) in [5.74, 6) is 0.264. The van der Waals surface area contributed by atoms with Gasteiger partial charge in [-0.1, -0.05) is 61.2 Å². The molecule has 0 radical (unpaired) electrons. The molecular weight excluding hydrogens is 348 g/mol. The van der Waals surface area contributed by atoms with Crippen molar-refractivity contribution in [3.05, 3.63) is 60.7 Å². The van der Waals surface area contributed by atoms with Crippen molar-refractivity contribution in [1.29, 1.82) is 0 Å². The molecule has 0 fully saturated rings. The lowest BCUT2D eigenvalue weighted by Gasteiger charge is -2.13. The van der Waals surface area contributed by atoms with E-state index in [-0.39, 0.29) is 29.7 Å². The molecule has 2 rings (SSSR count). The summed E-state index contributed by atoms with van der Waals surface area (Å²) >= 11 is 6.17. The van der Waals surface area contributed by atoms with Crippen molar-refractivity contribution in [3.8, 4) is 11.5 Å². The molecule has 0 amide bonds. The number of carbonyl (C=O) groups excluding carboxylic acids is 2. The molecular formula is C18H15ClO6. The Kier molecular flexibility index (Phi) is 6.42. The molecule has 2 aromatic carbocycles. The lowest BCUT2D eigenvalue weighted by atomic mass is 10.1. The SMILES string of the molecule is C=CCOC(=O)Oc1cc(Cl)c(OC(=O)OCC=C)c2ccccc12. The maximum absolute atomic E-state index is 11.7. The molecule has 0 aromatic heterocycles. The highest BCUT2D eigenvalue weighted by Crippen LogP contribution is 2.40. The molecule has 130 valence electrons. The predicted molar refractivity (Wildman–Crippen MR) is 93.3 cm³/mol. The van der Waals surface area contributed by atoms with E-state index < -0.39 is 12.3 Å². The Morgan fingerprint density at radius 2 is 1.52 bits per heavy atom. The second-order valence-corrected chi connectivity index (χ2v) is 5.04. The summed E-state index contributed by atoms with van der Waals surface area (Å²) in [5, 5.41) is 1.05. The first-order chi connectivity index (χ1) is 12.1. The van der Waals surface area contributed by atoms with Gasteiger partial charge in [-0.05, 0) is 0 Å². The average Bonchev–Trinajstić information content (AvgIpc) is 2.61. The number of benzene rings is 2. The zero-order chi connectivity index (χ0) is 18.2. The third kappa shape index (κ3) is 4.74. The Bertz CT molecular complexity index is 815. The molecule has 0 saturated heterocycles. The third-order valence-electron chi connectivity index (χ3n) is 2.93. The molecule has 6 nitrogen and oxygen atoms in total. The Balaban J connectivity index is 2.36. The predicted octanol–water partition coefficient (Wildman–Crippen LogP) is 4.90. The van der Waals surface area contributed by atoms with Gasteiger partial charge < -0.3 is 18.9 Å². The lowest BCUT2D eigenvalue weighted by Crippen LogP contribution is -2.12. The number of ether oxygens (including phenoxy) is 4. The summed E-state index contributed by atoms with van der Waals surface area (Å²) < 4.78 is 19.9. The Hall–Kier alpha value is -2.99. The van der Waals surface area contributed by atoms with Gasteiger partial charge in [0.2, 0.25) is 0 Å². The number of carbonyl (C=O) groups is 2. The number of rotatable bonds is 6. The Morgan fingerprint density at radius 3 is 2.12 bits per heavy atom. The highest BCUT2D eigenvalue weighted by Gasteiger charge is 2.18. The van der Waals surface area contributed by atoms with Crippen molar-refractivity contribution in [2.75, 3.05) is 13.2 Å². The van der Waals surface area contributed by atoms with Gasteiger partial charge in [-0.25, -0.2) is 9.59 Å². The summed E-state index contributed by atoms with van der Waals surface area (Å²) in [6.45, 7) is 6.91. The summed E-state index contributed by atoms with van der Waals surface area (Å²) in [6, 6.07) is 8.16. The highest BCUT2D eigenvalue weighted by molar-refractivity contribution is 6.33. The second kappa shape index (κ2) is 8.75. The fraction of sp³-hybridized carbons (Fsp3) is 0.111. The first-order valence-electron chi connectivity index (χ1n) is 7.19. The molecule has 0 saturated carbocycles. The van der Waals surface area contributed by atoms with Gasteiger partial charge in [-0.2, -0.15) is 0 Å². The van der Waals surface area contributed by atoms with E-state index in [4.69, 9.17) is 30.5 Å². The lowest BCUT2D eigenvalue weighted by molar-refractivity contribution is 0.108. The van der Waals surface area contributed by atoms with Gasteiger partial charge in [0, 0.05) is 16.8 Å². The minimum atomic E-state index is -0.925. The molecule has 0 spiro atoms. The topological polar surface area (TPSA) is 71.1 Å². The van der Waals surface area contributed by atoms with Crippen LogP contribution in [0.2, 0.25) is 5.02 Å². The van der Waals surface area contributed by atoms with E-state index in [1.54, 1.807) is 24.3 Å². The molecule has 0 bridgehead atoms. The first-order valence-corrected chi connectivity index (χ1v) is 7.56. The van der Waals surface area contributed by atoms with Gasteiger partial charge in [0.1, 0.15) is 19.0 Å². The standard InChI is InChI=1S/C18H15ClO6/c1-3-9-22-17(20)24-15-11-14(19)16(25-18(21)23-10-4-2)13-8-6-5-7-12(13)15/h3-8,11H,1-2,9-10H2. The van der Waals surface area contributed by atoms with Crippen molar-refractivity contribution < 1.29 is 28.5 Å². The second-order valence-electron chi connectivity index (χ2n) is 4.63. The van der Waals surface area contributed by atoms with Crippen LogP contribution in [0.4, 0.5) is 9.59 Å². The van der Waals surface area contributed by atoms with Gasteiger partial charge in [0.05, 0.1) is 5.02 Å². The zero-order valence-corrected chi connectivity index (χ0v) is 14.0. The van der Waals surface area contributed by atoms with Crippen LogP contribution in [0.1, 0.15) is 0 Å². The van der Waals surface area contributed by atoms with Gasteiger partial charge in [-0.3, -0.25) is 0 Å². The van der Waals surface area contributed by atoms with Crippen LogP contribution in [-0.2, 0) is 9.47 Å². The number of halogens is 1. The van der Waals surface area contributed by atoms with E-state index in [2.05, 4.69) is 13.2 Å². The summed E-state index contributed by atoms with van der Waals surface area (Å²) in [4.78, 5) is 23.3. The van der Waals surface area contributed by atoms with Crippen LogP contribution >= 0.6 is 11.6 Å². The molecule has 0 aliphatic heterocycles. The molecule has 25 heavy (non-hydrogen) atoms. The highest BCUT2D eigenvalue weighted by atomic mass is 35.5. The van der Waals surface area contributed by atoms with E-state index in [1.807, 2.05) is 0 Å². The van der Waals surface area contributed by atoms with E-state index in [0.717, 1.165) is 0 Å². The van der Waals surface area contributed by atoms with E-state index >= 15 is 0 Å². The zero-order valence-electron chi connectivity index (χ0n) is 13.2. The maximum Gasteiger partial charge on any atom is 0.514 e. The number of fused-ring (bicyclic) bond motifs is 1. The summed E-state index contributed by atoms with van der Waals surface area (Å²) in [5.41, 5.74) is 0. The van der Waals surface area contributed by atoms with E-state index in [9.17, 15) is 9.59 Å². The molecule has 7 heteroatoms. The van der Waals surface area contributed by atoms with Crippen LogP contribution in [0.25, 0.3) is 10.8 Å². The third-order valence-corrected chi connectivity index (χ3v) is 3.21. The van der Waals surface area contributed by atoms with Gasteiger partial charge >= 0.3 is 12.3 Å². The van der Waals surface area contributed by atoms with Crippen molar-refractivity contribution >= 4 is 34.7 Å². The van der Waals surface area contributed by atoms with E-state index in [1.165, 1.54) is 18.2 Å². The van der Waals surface area contributed by atoms with Gasteiger partial charge in [0.15, 0.2) is 5.75 Å². The van der Waals surface area contributed by atoms with Gasteiger partial charge in [0.25, 0.3) is 0 Å². The average molecular weight is 363 g/mol. The van der Waals surface area contributed by atoms with E-state index in [0.29, 0.717) is 10.8 Å². The van der Waals surface area contributed by atoms with Crippen molar-refractivity contribution in [1.82, 2.24) is 0 Å². The Morgan fingerprint density at radius 1 is 0.960 bits per heavy atom. The molecule has 0 aliphatic rings. The quantitative estimate of drug-likeness (QED) is 0.413. The minimum Gasteiger partial charge on any atom is -0.430 e. The van der Waals surface area contributed by atoms with Crippen LogP contribution in [0.5, 0.6) is 11.5 Å². The maximum atomic E-state index is 11.7. The first kappa shape index (κ1) is 18.4. The monoisotopic (exact) mass is 362 g/mol. The molecule has 0 N–H and O–H groups in total. The fourth-order valence-electron chi connectivity index (χ4n) is 1.96. The Labute approximate surface area is 149 Å². The largest absolute Gasteiger partial charge is 0.514 e. The fourth-order valence-corrected chi connectivity index (χ4v) is 2.20. The molecule has 0 heterocycles. The van der Waals surface area contributed by atoms with Gasteiger partial charge in [-0.15, -0.1) is 0 Å². The van der Waals surface area contributed by atoms with Crippen LogP contribution in [-0.4, -0.2) is 25.5 Å². The number of hydrogen-bond donors (Lipinski definition) is 0. The molecule has 0 aliphatic carbocycles. The summed E-state index contributed by atoms with van der Waals surface area (Å²) in [6.07, 6.45) is 0.997. The van der Waals surface area contributed by atoms with Crippen LogP contribution in [0.15, 0.2) is 55.6 Å². The van der Waals surface area contributed by atoms with Crippen LogP contribution in [0, 0.1) is 0 Å². The van der Waals surface area contributed by atoms with Crippen LogP contribution < -0.4 is 9.47 Å². The van der Waals surface area contributed by atoms with Crippen LogP contribution in [0.3, 0.4) is 0 Å². The molecule has 2 aromatic rings. The minimum absolute atomic E-state index is 0.00469. The molecule has 0 atom stereocenters. The smallest absolute Gasteiger partial charge is 0.430 e. The van der Waals surface area contributed by atoms with Crippen molar-refractivity contribution in [2.24, 2.45) is 0 Å². The van der Waals surface area contributed by atoms with Crippen molar-refractivity contribution in [2.45, 2.75) is 0 Å². The normalized spacial score (nSPS) is 9.96. The molecule has 0 unspecified atom stereocenters. The summed E-state index contributed by atoms with van der Waals surface area (Å²) in [7, 11) is 0. The van der Waals surface area contributed by atoms with Crippen molar-refractivity contribution in [3.63, 3.8) is 0 Å².